The van der Waals surface area contributed by atoms with Crippen LogP contribution in [-0.4, -0.2) is 125 Å². The summed E-state index contributed by atoms with van der Waals surface area (Å²) in [5.41, 5.74) is 23.9. The van der Waals surface area contributed by atoms with Gasteiger partial charge in [-0.25, -0.2) is 0 Å². The lowest BCUT2D eigenvalue weighted by Crippen LogP contribution is -2.69. The molecule has 0 bridgehead atoms. The monoisotopic (exact) mass is 507 g/mol. The van der Waals surface area contributed by atoms with Crippen LogP contribution in [0.5, 0.6) is 0 Å². The highest BCUT2D eigenvalue weighted by atomic mass is 16.8. The van der Waals surface area contributed by atoms with Gasteiger partial charge in [0.1, 0.15) is 24.4 Å². The standard InChI is InChI=1S/C21H41N5O9/c1-26-14-16(30)19-12(32-21(14)33-13(28)3-2-8(22)4-5-27)7-11(25)20(35-19)34-18-10(24)6-9(23)15(29)17(18)31/h2-3,8-21,26-31H,4-7,22-25H2,1H3. The summed E-state index contributed by atoms with van der Waals surface area (Å²) in [5, 5.41) is 53.6. The number of aliphatic hydroxyl groups excluding tert-OH is 5. The lowest BCUT2D eigenvalue weighted by molar-refractivity contribution is -0.345. The van der Waals surface area contributed by atoms with Crippen molar-refractivity contribution in [2.24, 2.45) is 22.9 Å². The Bertz CT molecular complexity index is 692. The summed E-state index contributed by atoms with van der Waals surface area (Å²) < 4.78 is 23.4. The fraction of sp³-hybridized carbons (Fsp3) is 0.905. The van der Waals surface area contributed by atoms with Crippen LogP contribution in [0.1, 0.15) is 19.3 Å². The van der Waals surface area contributed by atoms with E-state index in [1.807, 2.05) is 0 Å². The molecule has 14 N–H and O–H groups in total. The highest BCUT2D eigenvalue weighted by Gasteiger charge is 2.52. The Labute approximate surface area is 204 Å². The number of hydrogen-bond acceptors (Lipinski definition) is 14. The molecule has 204 valence electrons. The molecule has 0 amide bonds. The maximum atomic E-state index is 11.0. The summed E-state index contributed by atoms with van der Waals surface area (Å²) in [6.45, 7) is -0.0873. The number of hydrogen-bond donors (Lipinski definition) is 10. The number of ether oxygens (including phenoxy) is 4. The highest BCUT2D eigenvalue weighted by molar-refractivity contribution is 5.01. The number of fused-ring (bicyclic) bond motifs is 1. The number of nitrogens with one attached hydrogen (secondary N) is 1. The molecule has 3 aliphatic rings. The van der Waals surface area contributed by atoms with Crippen LogP contribution in [0.2, 0.25) is 0 Å². The van der Waals surface area contributed by atoms with Gasteiger partial charge in [-0.1, -0.05) is 6.08 Å². The van der Waals surface area contributed by atoms with E-state index in [2.05, 4.69) is 5.32 Å². The largest absolute Gasteiger partial charge is 0.396 e. The van der Waals surface area contributed by atoms with Crippen LogP contribution >= 0.6 is 0 Å². The van der Waals surface area contributed by atoms with Gasteiger partial charge in [0.2, 0.25) is 0 Å². The van der Waals surface area contributed by atoms with E-state index >= 15 is 0 Å². The fourth-order valence-electron chi connectivity index (χ4n) is 4.76. The van der Waals surface area contributed by atoms with E-state index in [4.69, 9.17) is 47.0 Å². The van der Waals surface area contributed by atoms with Gasteiger partial charge >= 0.3 is 0 Å². The van der Waals surface area contributed by atoms with Gasteiger partial charge in [0.05, 0.1) is 24.3 Å². The van der Waals surface area contributed by atoms with E-state index in [-0.39, 0.29) is 19.4 Å². The summed E-state index contributed by atoms with van der Waals surface area (Å²) in [6.07, 6.45) is -5.95. The van der Waals surface area contributed by atoms with Gasteiger partial charge in [-0.3, -0.25) is 0 Å². The molecule has 1 aliphatic carbocycles. The van der Waals surface area contributed by atoms with Crippen LogP contribution in [0.25, 0.3) is 0 Å². The molecule has 14 nitrogen and oxygen atoms in total. The number of aliphatic hydroxyl groups is 5. The molecule has 3 fully saturated rings. The van der Waals surface area contributed by atoms with E-state index < -0.39 is 85.7 Å². The second-order valence-corrected chi connectivity index (χ2v) is 9.45. The maximum absolute atomic E-state index is 11.0. The van der Waals surface area contributed by atoms with E-state index in [1.165, 1.54) is 12.2 Å². The first-order valence-corrected chi connectivity index (χ1v) is 11.9. The van der Waals surface area contributed by atoms with E-state index in [9.17, 15) is 20.4 Å². The normalized spacial score (nSPS) is 46.3. The van der Waals surface area contributed by atoms with Gasteiger partial charge in [0, 0.05) is 24.7 Å². The number of rotatable bonds is 9. The van der Waals surface area contributed by atoms with Crippen LogP contribution < -0.4 is 28.3 Å². The van der Waals surface area contributed by atoms with E-state index in [1.54, 1.807) is 7.05 Å². The maximum Gasteiger partial charge on any atom is 0.179 e. The fourth-order valence-corrected chi connectivity index (χ4v) is 4.76. The third kappa shape index (κ3) is 6.74. The zero-order valence-corrected chi connectivity index (χ0v) is 19.7. The van der Waals surface area contributed by atoms with Crippen molar-refractivity contribution >= 4 is 0 Å². The zero-order chi connectivity index (χ0) is 25.9. The van der Waals surface area contributed by atoms with Crippen molar-refractivity contribution in [1.82, 2.24) is 5.32 Å². The molecule has 3 rings (SSSR count). The smallest absolute Gasteiger partial charge is 0.179 e. The number of nitrogens with two attached hydrogens (primary N) is 4. The Hall–Kier alpha value is -0.820. The topological polar surface area (TPSA) is 254 Å². The molecule has 2 saturated heterocycles. The minimum absolute atomic E-state index is 0.0873. The van der Waals surface area contributed by atoms with Crippen molar-refractivity contribution in [2.45, 2.75) is 105 Å². The molecule has 0 aromatic rings. The first-order valence-electron chi connectivity index (χ1n) is 11.9. The molecule has 2 aliphatic heterocycles. The first-order chi connectivity index (χ1) is 16.6. The summed E-state index contributed by atoms with van der Waals surface area (Å²) in [7, 11) is 1.60. The van der Waals surface area contributed by atoms with Crippen LogP contribution in [0.15, 0.2) is 12.2 Å². The highest BCUT2D eigenvalue weighted by Crippen LogP contribution is 2.34. The van der Waals surface area contributed by atoms with Crippen molar-refractivity contribution in [3.8, 4) is 0 Å². The minimum Gasteiger partial charge on any atom is -0.396 e. The van der Waals surface area contributed by atoms with Crippen molar-refractivity contribution in [3.05, 3.63) is 12.2 Å². The Morgan fingerprint density at radius 2 is 1.69 bits per heavy atom. The lowest BCUT2D eigenvalue weighted by atomic mass is 9.84. The molecule has 2 heterocycles. The van der Waals surface area contributed by atoms with Gasteiger partial charge in [-0.2, -0.15) is 0 Å². The molecule has 14 heteroatoms. The van der Waals surface area contributed by atoms with Crippen molar-refractivity contribution in [2.75, 3.05) is 13.7 Å². The second kappa shape index (κ2) is 12.6. The van der Waals surface area contributed by atoms with Gasteiger partial charge in [0.25, 0.3) is 0 Å². The molecule has 14 atom stereocenters. The zero-order valence-electron chi connectivity index (χ0n) is 19.7. The molecular formula is C21H41N5O9. The summed E-state index contributed by atoms with van der Waals surface area (Å²) >= 11 is 0. The van der Waals surface area contributed by atoms with Crippen LogP contribution in [-0.2, 0) is 18.9 Å². The average Bonchev–Trinajstić information content (AvgIpc) is 2.80. The summed E-state index contributed by atoms with van der Waals surface area (Å²) in [6, 6.07) is -3.25. The molecule has 14 unspecified atom stereocenters. The quantitative estimate of drug-likeness (QED) is 0.103. The molecule has 0 aromatic heterocycles. The van der Waals surface area contributed by atoms with Crippen molar-refractivity contribution in [1.29, 1.82) is 0 Å². The van der Waals surface area contributed by atoms with Crippen molar-refractivity contribution < 1.29 is 44.5 Å². The van der Waals surface area contributed by atoms with Gasteiger partial charge < -0.3 is 72.7 Å². The summed E-state index contributed by atoms with van der Waals surface area (Å²) in [5.74, 6) is 0. The number of likely N-dealkylation sites (N-methyl/N-ethyl adjacent to an activating group) is 1. The lowest BCUT2D eigenvalue weighted by Gasteiger charge is -2.50. The average molecular weight is 508 g/mol. The van der Waals surface area contributed by atoms with Gasteiger partial charge in [-0.05, 0) is 32.4 Å². The Morgan fingerprint density at radius 1 is 0.971 bits per heavy atom. The predicted octanol–water partition coefficient (Wildman–Crippen LogP) is -5.13. The predicted molar refractivity (Wildman–Crippen MR) is 122 cm³/mol. The SMILES string of the molecule is CNC1C(OC(O)C=CC(N)CCO)OC2CC(N)C(OC3C(N)CC(N)C(O)C3O)OC2C1O. The summed E-state index contributed by atoms with van der Waals surface area (Å²) in [4.78, 5) is 0. The van der Waals surface area contributed by atoms with Gasteiger partial charge in [-0.15, -0.1) is 0 Å². The van der Waals surface area contributed by atoms with E-state index in [0.29, 0.717) is 6.42 Å². The first kappa shape index (κ1) is 28.7. The minimum atomic E-state index is -1.37. The van der Waals surface area contributed by atoms with Crippen LogP contribution in [0, 0.1) is 0 Å². The van der Waals surface area contributed by atoms with Crippen molar-refractivity contribution in [3.63, 3.8) is 0 Å². The third-order valence-electron chi connectivity index (χ3n) is 6.79. The molecule has 0 spiro atoms. The van der Waals surface area contributed by atoms with E-state index in [0.717, 1.165) is 0 Å². The molecule has 0 radical (unpaired) electrons. The molecule has 1 saturated carbocycles. The molecular weight excluding hydrogens is 466 g/mol. The Balaban J connectivity index is 1.64. The molecule has 35 heavy (non-hydrogen) atoms. The van der Waals surface area contributed by atoms with Crippen LogP contribution in [0.4, 0.5) is 0 Å². The Kier molecular flexibility index (Phi) is 10.4. The Morgan fingerprint density at radius 3 is 2.34 bits per heavy atom. The van der Waals surface area contributed by atoms with Crippen LogP contribution in [0.3, 0.4) is 0 Å². The molecule has 0 aromatic carbocycles. The van der Waals surface area contributed by atoms with Gasteiger partial charge in [0.15, 0.2) is 18.9 Å². The second-order valence-electron chi connectivity index (χ2n) is 9.45. The third-order valence-corrected chi connectivity index (χ3v) is 6.79.